The van der Waals surface area contributed by atoms with E-state index in [1.54, 1.807) is 24.4 Å². The predicted octanol–water partition coefficient (Wildman–Crippen LogP) is 4.83. The molecule has 3 N–H and O–H groups in total. The topological polar surface area (TPSA) is 101 Å². The van der Waals surface area contributed by atoms with Crippen molar-refractivity contribution in [1.82, 2.24) is 29.8 Å². The average molecular weight is 494 g/mol. The van der Waals surface area contributed by atoms with Crippen molar-refractivity contribution in [3.63, 3.8) is 0 Å². The molecule has 8 nitrogen and oxygen atoms in total. The van der Waals surface area contributed by atoms with Crippen molar-refractivity contribution in [2.75, 3.05) is 18.4 Å². The molecule has 0 aliphatic carbocycles. The highest BCUT2D eigenvalue weighted by atomic mass is 19.1. The van der Waals surface area contributed by atoms with Gasteiger partial charge in [-0.1, -0.05) is 6.07 Å². The number of pyridine rings is 1. The Morgan fingerprint density at radius 2 is 1.94 bits per heavy atom. The van der Waals surface area contributed by atoms with Crippen LogP contribution in [0.2, 0.25) is 0 Å². The highest BCUT2D eigenvalue weighted by Crippen LogP contribution is 2.31. The number of aliphatic hydroxyl groups excluding tert-OH is 1. The molecule has 1 aromatic carbocycles. The van der Waals surface area contributed by atoms with E-state index < -0.39 is 17.7 Å². The lowest BCUT2D eigenvalue weighted by Crippen LogP contribution is -2.33. The van der Waals surface area contributed by atoms with E-state index in [9.17, 15) is 13.9 Å². The summed E-state index contributed by atoms with van der Waals surface area (Å²) in [5.74, 6) is 0.190. The predicted molar refractivity (Wildman–Crippen MR) is 134 cm³/mol. The molecule has 5 rings (SSSR count). The number of benzene rings is 1. The van der Waals surface area contributed by atoms with E-state index in [0.717, 1.165) is 37.7 Å². The number of nitrogens with zero attached hydrogens (tertiary/aromatic N) is 5. The number of piperidine rings is 1. The summed E-state index contributed by atoms with van der Waals surface area (Å²) in [6.45, 7) is 7.53. The number of rotatable bonds is 6. The van der Waals surface area contributed by atoms with Crippen LogP contribution in [0.4, 0.5) is 20.5 Å². The van der Waals surface area contributed by atoms with Gasteiger partial charge in [-0.15, -0.1) is 0 Å². The van der Waals surface area contributed by atoms with E-state index in [4.69, 9.17) is 0 Å². The summed E-state index contributed by atoms with van der Waals surface area (Å²) in [4.78, 5) is 17.0. The number of aryl methyl sites for hydroxylation is 1. The molecule has 2 atom stereocenters. The largest absolute Gasteiger partial charge is 0.388 e. The maximum absolute atomic E-state index is 14.9. The van der Waals surface area contributed by atoms with Crippen LogP contribution in [-0.4, -0.2) is 42.7 Å². The zero-order chi connectivity index (χ0) is 25.4. The number of aliphatic hydroxyl groups is 1. The van der Waals surface area contributed by atoms with Gasteiger partial charge < -0.3 is 20.3 Å². The van der Waals surface area contributed by atoms with Gasteiger partial charge in [-0.05, 0) is 63.9 Å². The SMILES string of the molecule is Cc1nc2c(F)cc(-c3nc(Nc4ccc([C@@H](O)[C@H]5CCCNC5)cn4)ncc3F)cc2n1C(C)C. The lowest BCUT2D eigenvalue weighted by molar-refractivity contribution is 0.0919. The van der Waals surface area contributed by atoms with Crippen LogP contribution in [0.3, 0.4) is 0 Å². The van der Waals surface area contributed by atoms with Gasteiger partial charge in [0.2, 0.25) is 5.95 Å². The first-order chi connectivity index (χ1) is 17.3. The monoisotopic (exact) mass is 493 g/mol. The third kappa shape index (κ3) is 4.66. The minimum Gasteiger partial charge on any atom is -0.388 e. The number of hydrogen-bond acceptors (Lipinski definition) is 7. The molecule has 1 saturated heterocycles. The van der Waals surface area contributed by atoms with E-state index >= 15 is 0 Å². The van der Waals surface area contributed by atoms with Crippen LogP contribution in [-0.2, 0) is 0 Å². The van der Waals surface area contributed by atoms with Crippen molar-refractivity contribution in [3.05, 3.63) is 59.7 Å². The van der Waals surface area contributed by atoms with Crippen LogP contribution < -0.4 is 10.6 Å². The van der Waals surface area contributed by atoms with Crippen LogP contribution in [0.1, 0.15) is 50.2 Å². The van der Waals surface area contributed by atoms with E-state index in [2.05, 4.69) is 30.6 Å². The molecule has 1 fully saturated rings. The van der Waals surface area contributed by atoms with Gasteiger partial charge in [0, 0.05) is 30.3 Å². The maximum atomic E-state index is 14.9. The summed E-state index contributed by atoms with van der Waals surface area (Å²) < 4.78 is 31.6. The van der Waals surface area contributed by atoms with Gasteiger partial charge in [0.05, 0.1) is 17.8 Å². The summed E-state index contributed by atoms with van der Waals surface area (Å²) in [6.07, 6.45) is 4.07. The number of aromatic nitrogens is 5. The van der Waals surface area contributed by atoms with Crippen LogP contribution >= 0.6 is 0 Å². The molecular formula is C26H29F2N7O. The first-order valence-corrected chi connectivity index (χ1v) is 12.1. The summed E-state index contributed by atoms with van der Waals surface area (Å²) in [5, 5.41) is 16.9. The van der Waals surface area contributed by atoms with Crippen molar-refractivity contribution in [2.45, 2.75) is 45.8 Å². The Balaban J connectivity index is 1.41. The summed E-state index contributed by atoms with van der Waals surface area (Å²) >= 11 is 0. The molecule has 1 aliphatic heterocycles. The molecule has 4 heterocycles. The second-order valence-corrected chi connectivity index (χ2v) is 9.49. The van der Waals surface area contributed by atoms with Gasteiger partial charge in [-0.2, -0.15) is 0 Å². The third-order valence-corrected chi connectivity index (χ3v) is 6.61. The molecule has 188 valence electrons. The Morgan fingerprint density at radius 1 is 1.11 bits per heavy atom. The van der Waals surface area contributed by atoms with Crippen molar-refractivity contribution in [2.24, 2.45) is 5.92 Å². The Labute approximate surface area is 207 Å². The first kappa shape index (κ1) is 24.2. The molecule has 0 saturated carbocycles. The second kappa shape index (κ2) is 9.87. The molecule has 0 spiro atoms. The van der Waals surface area contributed by atoms with Gasteiger partial charge in [0.15, 0.2) is 11.6 Å². The Kier molecular flexibility index (Phi) is 6.63. The fraction of sp³-hybridized carbons (Fsp3) is 0.385. The molecule has 10 heteroatoms. The van der Waals surface area contributed by atoms with E-state index in [1.807, 2.05) is 25.3 Å². The number of halogens is 2. The quantitative estimate of drug-likeness (QED) is 0.354. The molecule has 3 aromatic heterocycles. The van der Waals surface area contributed by atoms with E-state index in [0.29, 0.717) is 17.2 Å². The van der Waals surface area contributed by atoms with Gasteiger partial charge in [-0.25, -0.2) is 28.7 Å². The third-order valence-electron chi connectivity index (χ3n) is 6.61. The minimum absolute atomic E-state index is 0.0284. The normalized spacial score (nSPS) is 17.0. The number of hydrogen-bond donors (Lipinski definition) is 3. The molecular weight excluding hydrogens is 464 g/mol. The molecule has 0 radical (unpaired) electrons. The van der Waals surface area contributed by atoms with Gasteiger partial charge in [0.25, 0.3) is 0 Å². The molecule has 1 aliphatic rings. The van der Waals surface area contributed by atoms with E-state index in [-0.39, 0.29) is 34.7 Å². The fourth-order valence-electron chi connectivity index (χ4n) is 4.88. The molecule has 4 aromatic rings. The summed E-state index contributed by atoms with van der Waals surface area (Å²) in [7, 11) is 0. The number of fused-ring (bicyclic) bond motifs is 1. The first-order valence-electron chi connectivity index (χ1n) is 12.1. The highest BCUT2D eigenvalue weighted by molar-refractivity contribution is 5.83. The number of imidazole rings is 1. The highest BCUT2D eigenvalue weighted by Gasteiger charge is 2.23. The fourth-order valence-corrected chi connectivity index (χ4v) is 4.88. The van der Waals surface area contributed by atoms with E-state index in [1.165, 1.54) is 6.07 Å². The standard InChI is InChI=1S/C26H29F2N7O/c1-14(2)35-15(3)32-24-19(27)9-18(10-21(24)35)23-20(28)13-31-26(34-23)33-22-7-6-17(12-30-22)25(36)16-5-4-8-29-11-16/h6-7,9-10,12-14,16,25,29,36H,4-5,8,11H2,1-3H3,(H,30,31,33,34)/t16-,25-/m0/s1. The molecule has 0 bridgehead atoms. The van der Waals surface area contributed by atoms with Crippen LogP contribution in [0, 0.1) is 24.5 Å². The summed E-state index contributed by atoms with van der Waals surface area (Å²) in [5.41, 5.74) is 1.81. The van der Waals surface area contributed by atoms with Crippen LogP contribution in [0.15, 0.2) is 36.7 Å². The zero-order valence-corrected chi connectivity index (χ0v) is 20.5. The van der Waals surface area contributed by atoms with Crippen molar-refractivity contribution >= 4 is 22.8 Å². The zero-order valence-electron chi connectivity index (χ0n) is 20.5. The van der Waals surface area contributed by atoms with Crippen molar-refractivity contribution in [1.29, 1.82) is 0 Å². The van der Waals surface area contributed by atoms with Gasteiger partial charge >= 0.3 is 0 Å². The Morgan fingerprint density at radius 3 is 2.64 bits per heavy atom. The van der Waals surface area contributed by atoms with Gasteiger partial charge in [-0.3, -0.25) is 0 Å². The molecule has 0 unspecified atom stereocenters. The van der Waals surface area contributed by atoms with Crippen LogP contribution in [0.5, 0.6) is 0 Å². The van der Waals surface area contributed by atoms with Gasteiger partial charge in [0.1, 0.15) is 22.9 Å². The van der Waals surface area contributed by atoms with Crippen molar-refractivity contribution in [3.8, 4) is 11.3 Å². The Hall–Kier alpha value is -3.50. The number of anilines is 2. The maximum Gasteiger partial charge on any atom is 0.229 e. The van der Waals surface area contributed by atoms with Crippen LogP contribution in [0.25, 0.3) is 22.3 Å². The minimum atomic E-state index is -0.667. The summed E-state index contributed by atoms with van der Waals surface area (Å²) in [6, 6.07) is 6.51. The Bertz CT molecular complexity index is 1380. The number of nitrogens with one attached hydrogen (secondary N) is 2. The second-order valence-electron chi connectivity index (χ2n) is 9.49. The molecule has 36 heavy (non-hydrogen) atoms. The smallest absolute Gasteiger partial charge is 0.229 e. The lowest BCUT2D eigenvalue weighted by atomic mass is 9.90. The lowest BCUT2D eigenvalue weighted by Gasteiger charge is -2.27. The molecule has 0 amide bonds. The van der Waals surface area contributed by atoms with Crippen molar-refractivity contribution < 1.29 is 13.9 Å². The average Bonchev–Trinajstić information content (AvgIpc) is 3.22.